The van der Waals surface area contributed by atoms with Crippen LogP contribution in [0.25, 0.3) is 0 Å². The van der Waals surface area contributed by atoms with Crippen molar-refractivity contribution in [2.75, 3.05) is 13.3 Å². The summed E-state index contributed by atoms with van der Waals surface area (Å²) in [6.45, 7) is 5.91. The van der Waals surface area contributed by atoms with E-state index in [4.69, 9.17) is 9.47 Å². The van der Waals surface area contributed by atoms with Gasteiger partial charge in [0.15, 0.2) is 11.5 Å². The van der Waals surface area contributed by atoms with Crippen molar-refractivity contribution in [3.63, 3.8) is 0 Å². The van der Waals surface area contributed by atoms with Crippen LogP contribution in [-0.4, -0.2) is 24.5 Å². The molecular weight excluding hydrogens is 310 g/mol. The molecule has 1 heterocycles. The van der Waals surface area contributed by atoms with Crippen molar-refractivity contribution in [1.82, 2.24) is 5.32 Å². The number of aliphatic hydroxyl groups is 1. The zero-order chi connectivity index (χ0) is 13.8. The molecule has 1 aromatic carbocycles. The number of nitrogens with one attached hydrogen (secondary N) is 1. The van der Waals surface area contributed by atoms with Gasteiger partial charge in [-0.1, -0.05) is 6.92 Å². The quantitative estimate of drug-likeness (QED) is 0.842. The van der Waals surface area contributed by atoms with Gasteiger partial charge < -0.3 is 19.9 Å². The van der Waals surface area contributed by atoms with E-state index in [0.717, 1.165) is 41.0 Å². The van der Waals surface area contributed by atoms with Gasteiger partial charge in [-0.15, -0.1) is 0 Å². The molecule has 0 saturated heterocycles. The van der Waals surface area contributed by atoms with Gasteiger partial charge in [-0.25, -0.2) is 0 Å². The zero-order valence-corrected chi connectivity index (χ0v) is 12.9. The normalized spacial score (nSPS) is 16.4. The summed E-state index contributed by atoms with van der Waals surface area (Å²) in [6.07, 6.45) is 0.578. The predicted molar refractivity (Wildman–Crippen MR) is 77.4 cm³/mol. The fourth-order valence-electron chi connectivity index (χ4n) is 2.25. The number of rotatable bonds is 6. The van der Waals surface area contributed by atoms with Crippen molar-refractivity contribution in [3.8, 4) is 11.5 Å². The summed E-state index contributed by atoms with van der Waals surface area (Å²) >= 11 is 3.49. The third-order valence-electron chi connectivity index (χ3n) is 3.05. The minimum atomic E-state index is -0.239. The first-order valence-corrected chi connectivity index (χ1v) is 7.32. The van der Waals surface area contributed by atoms with E-state index in [1.54, 1.807) is 0 Å². The molecule has 0 radical (unpaired) electrons. The lowest BCUT2D eigenvalue weighted by atomic mass is 10.0. The smallest absolute Gasteiger partial charge is 0.231 e. The van der Waals surface area contributed by atoms with E-state index in [-0.39, 0.29) is 12.9 Å². The SMILES string of the molecule is CC(O)CC(C)CNCc1cc(Br)c2c(c1)OCO2. The zero-order valence-electron chi connectivity index (χ0n) is 11.3. The number of halogens is 1. The molecule has 1 aliphatic rings. The summed E-state index contributed by atoms with van der Waals surface area (Å²) < 4.78 is 11.7. The van der Waals surface area contributed by atoms with E-state index in [0.29, 0.717) is 5.92 Å². The minimum absolute atomic E-state index is 0.239. The summed E-state index contributed by atoms with van der Waals surface area (Å²) in [6, 6.07) is 4.04. The standard InChI is InChI=1S/C14H20BrNO3/c1-9(3-10(2)17)6-16-7-11-4-12(15)14-13(5-11)18-8-19-14/h4-5,9-10,16-17H,3,6-8H2,1-2H3. The van der Waals surface area contributed by atoms with Crippen molar-refractivity contribution < 1.29 is 14.6 Å². The maximum Gasteiger partial charge on any atom is 0.231 e. The second-order valence-corrected chi connectivity index (χ2v) is 5.99. The number of aliphatic hydroxyl groups excluding tert-OH is 1. The molecule has 2 atom stereocenters. The van der Waals surface area contributed by atoms with Crippen LogP contribution in [0.4, 0.5) is 0 Å². The fraction of sp³-hybridized carbons (Fsp3) is 0.571. The number of hydrogen-bond donors (Lipinski definition) is 2. The van der Waals surface area contributed by atoms with Gasteiger partial charge in [0, 0.05) is 6.54 Å². The third kappa shape index (κ3) is 4.09. The summed E-state index contributed by atoms with van der Waals surface area (Å²) in [5.74, 6) is 2.03. The van der Waals surface area contributed by atoms with Crippen molar-refractivity contribution >= 4 is 15.9 Å². The van der Waals surface area contributed by atoms with Crippen LogP contribution in [0.2, 0.25) is 0 Å². The molecule has 0 aliphatic carbocycles. The molecule has 0 saturated carbocycles. The molecule has 0 spiro atoms. The van der Waals surface area contributed by atoms with Gasteiger partial charge in [0.05, 0.1) is 10.6 Å². The Bertz CT molecular complexity index is 437. The Kier molecular flexibility index (Phi) is 5.07. The van der Waals surface area contributed by atoms with E-state index < -0.39 is 0 Å². The average molecular weight is 330 g/mol. The molecule has 1 aliphatic heterocycles. The minimum Gasteiger partial charge on any atom is -0.454 e. The Hall–Kier alpha value is -0.780. The predicted octanol–water partition coefficient (Wildman–Crippen LogP) is 2.67. The van der Waals surface area contributed by atoms with E-state index >= 15 is 0 Å². The van der Waals surface area contributed by atoms with Gasteiger partial charge in [-0.05, 0) is 59.4 Å². The van der Waals surface area contributed by atoms with Crippen LogP contribution in [0, 0.1) is 5.92 Å². The summed E-state index contributed by atoms with van der Waals surface area (Å²) in [5, 5.41) is 12.7. The van der Waals surface area contributed by atoms with Crippen molar-refractivity contribution in [2.45, 2.75) is 32.9 Å². The number of ether oxygens (including phenoxy) is 2. The highest BCUT2D eigenvalue weighted by Gasteiger charge is 2.17. The molecule has 5 heteroatoms. The first-order valence-electron chi connectivity index (χ1n) is 6.53. The summed E-state index contributed by atoms with van der Waals surface area (Å²) in [4.78, 5) is 0. The van der Waals surface area contributed by atoms with Crippen molar-refractivity contribution in [3.05, 3.63) is 22.2 Å². The molecule has 0 bridgehead atoms. The highest BCUT2D eigenvalue weighted by Crippen LogP contribution is 2.39. The van der Waals surface area contributed by atoms with Crippen LogP contribution in [0.3, 0.4) is 0 Å². The number of hydrogen-bond acceptors (Lipinski definition) is 4. The van der Waals surface area contributed by atoms with E-state index in [1.165, 1.54) is 0 Å². The van der Waals surface area contributed by atoms with Crippen LogP contribution in [0.15, 0.2) is 16.6 Å². The van der Waals surface area contributed by atoms with Gasteiger partial charge in [-0.2, -0.15) is 0 Å². The molecular formula is C14H20BrNO3. The summed E-state index contributed by atoms with van der Waals surface area (Å²) in [5.41, 5.74) is 1.15. The maximum atomic E-state index is 9.32. The van der Waals surface area contributed by atoms with Gasteiger partial charge in [0.25, 0.3) is 0 Å². The highest BCUT2D eigenvalue weighted by atomic mass is 79.9. The van der Waals surface area contributed by atoms with Crippen LogP contribution in [0.5, 0.6) is 11.5 Å². The van der Waals surface area contributed by atoms with Gasteiger partial charge in [-0.3, -0.25) is 0 Å². The Balaban J connectivity index is 1.85. The van der Waals surface area contributed by atoms with Gasteiger partial charge >= 0.3 is 0 Å². The molecule has 2 rings (SSSR count). The first kappa shape index (κ1) is 14.6. The maximum absolute atomic E-state index is 9.32. The van der Waals surface area contributed by atoms with E-state index in [1.807, 2.05) is 19.1 Å². The monoisotopic (exact) mass is 329 g/mol. The van der Waals surface area contributed by atoms with Crippen molar-refractivity contribution in [2.24, 2.45) is 5.92 Å². The topological polar surface area (TPSA) is 50.7 Å². The lowest BCUT2D eigenvalue weighted by Gasteiger charge is -2.14. The Labute approximate surface area is 122 Å². The lowest BCUT2D eigenvalue weighted by Crippen LogP contribution is -2.23. The Morgan fingerprint density at radius 2 is 2.16 bits per heavy atom. The van der Waals surface area contributed by atoms with Gasteiger partial charge in [0.2, 0.25) is 6.79 Å². The highest BCUT2D eigenvalue weighted by molar-refractivity contribution is 9.10. The largest absolute Gasteiger partial charge is 0.454 e. The molecule has 0 amide bonds. The summed E-state index contributed by atoms with van der Waals surface area (Å²) in [7, 11) is 0. The molecule has 2 unspecified atom stereocenters. The molecule has 106 valence electrons. The second-order valence-electron chi connectivity index (χ2n) is 5.13. The Morgan fingerprint density at radius 3 is 2.89 bits per heavy atom. The van der Waals surface area contributed by atoms with Crippen LogP contribution >= 0.6 is 15.9 Å². The van der Waals surface area contributed by atoms with E-state index in [2.05, 4.69) is 28.2 Å². The molecule has 0 fully saturated rings. The van der Waals surface area contributed by atoms with Crippen LogP contribution in [0.1, 0.15) is 25.8 Å². The second kappa shape index (κ2) is 6.59. The third-order valence-corrected chi connectivity index (χ3v) is 3.64. The van der Waals surface area contributed by atoms with E-state index in [9.17, 15) is 5.11 Å². The van der Waals surface area contributed by atoms with Crippen molar-refractivity contribution in [1.29, 1.82) is 0 Å². The average Bonchev–Trinajstić information content (AvgIpc) is 2.76. The molecule has 1 aromatic rings. The number of fused-ring (bicyclic) bond motifs is 1. The van der Waals surface area contributed by atoms with Gasteiger partial charge in [0.1, 0.15) is 0 Å². The molecule has 0 aromatic heterocycles. The fourth-order valence-corrected chi connectivity index (χ4v) is 2.86. The van der Waals surface area contributed by atoms with Crippen LogP contribution in [-0.2, 0) is 6.54 Å². The molecule has 4 nitrogen and oxygen atoms in total. The Morgan fingerprint density at radius 1 is 1.37 bits per heavy atom. The molecule has 19 heavy (non-hydrogen) atoms. The van der Waals surface area contributed by atoms with Crippen LogP contribution < -0.4 is 14.8 Å². The molecule has 2 N–H and O–H groups in total. The lowest BCUT2D eigenvalue weighted by molar-refractivity contribution is 0.163. The first-order chi connectivity index (χ1) is 9.06. The number of benzene rings is 1.